The highest BCUT2D eigenvalue weighted by Crippen LogP contribution is 2.25. The zero-order valence-electron chi connectivity index (χ0n) is 11.3. The number of aryl methyl sites for hydroxylation is 1. The fourth-order valence-corrected chi connectivity index (χ4v) is 2.42. The third-order valence-corrected chi connectivity index (χ3v) is 3.54. The zero-order valence-corrected chi connectivity index (χ0v) is 11.3. The van der Waals surface area contributed by atoms with E-state index in [0.29, 0.717) is 5.89 Å². The Morgan fingerprint density at radius 1 is 1.50 bits per heavy atom. The highest BCUT2D eigenvalue weighted by atomic mass is 16.3. The first-order chi connectivity index (χ1) is 9.74. The molecule has 2 N–H and O–H groups in total. The Morgan fingerprint density at radius 3 is 3.10 bits per heavy atom. The maximum atomic E-state index is 12.1. The van der Waals surface area contributed by atoms with Crippen molar-refractivity contribution in [2.45, 2.75) is 25.8 Å². The Bertz CT molecular complexity index is 602. The summed E-state index contributed by atoms with van der Waals surface area (Å²) in [7, 11) is 0. The average molecular weight is 271 g/mol. The molecular formula is C15H17N3O2. The molecular weight excluding hydrogens is 254 g/mol. The quantitative estimate of drug-likeness (QED) is 0.899. The fraction of sp³-hybridized carbons (Fsp3) is 0.333. The van der Waals surface area contributed by atoms with E-state index in [9.17, 15) is 4.79 Å². The van der Waals surface area contributed by atoms with E-state index < -0.39 is 0 Å². The summed E-state index contributed by atoms with van der Waals surface area (Å²) in [4.78, 5) is 16.2. The van der Waals surface area contributed by atoms with Gasteiger partial charge < -0.3 is 15.1 Å². The lowest BCUT2D eigenvalue weighted by Gasteiger charge is -2.12. The number of amides is 1. The summed E-state index contributed by atoms with van der Waals surface area (Å²) in [6, 6.07) is 5.67. The molecule has 1 unspecified atom stereocenters. The minimum atomic E-state index is -0.0820. The Labute approximate surface area is 117 Å². The molecule has 1 aromatic carbocycles. The second-order valence-corrected chi connectivity index (χ2v) is 5.01. The smallest absolute Gasteiger partial charge is 0.241 e. The van der Waals surface area contributed by atoms with E-state index in [0.717, 1.165) is 36.2 Å². The second kappa shape index (κ2) is 5.46. The van der Waals surface area contributed by atoms with Gasteiger partial charge in [0.15, 0.2) is 0 Å². The largest absolute Gasteiger partial charge is 0.445 e. The number of rotatable bonds is 3. The normalized spacial score (nSPS) is 18.1. The SMILES string of the molecule is Cc1ccc(NC(=O)C2CCCN2)cc1-c1ncco1. The van der Waals surface area contributed by atoms with E-state index in [-0.39, 0.29) is 11.9 Å². The minimum Gasteiger partial charge on any atom is -0.445 e. The van der Waals surface area contributed by atoms with E-state index in [2.05, 4.69) is 15.6 Å². The molecule has 3 rings (SSSR count). The number of carbonyl (C=O) groups excluding carboxylic acids is 1. The van der Waals surface area contributed by atoms with Crippen LogP contribution in [0.2, 0.25) is 0 Å². The van der Waals surface area contributed by atoms with Gasteiger partial charge in [-0.1, -0.05) is 6.07 Å². The van der Waals surface area contributed by atoms with Crippen LogP contribution in [0.4, 0.5) is 5.69 Å². The van der Waals surface area contributed by atoms with Gasteiger partial charge >= 0.3 is 0 Å². The first-order valence-electron chi connectivity index (χ1n) is 6.79. The molecule has 0 aliphatic carbocycles. The highest BCUT2D eigenvalue weighted by molar-refractivity contribution is 5.95. The molecule has 5 heteroatoms. The van der Waals surface area contributed by atoms with Gasteiger partial charge in [-0.05, 0) is 44.0 Å². The van der Waals surface area contributed by atoms with Crippen molar-refractivity contribution in [2.75, 3.05) is 11.9 Å². The molecule has 0 saturated carbocycles. The maximum absolute atomic E-state index is 12.1. The summed E-state index contributed by atoms with van der Waals surface area (Å²) in [6.45, 7) is 2.90. The number of hydrogen-bond acceptors (Lipinski definition) is 4. The Kier molecular flexibility index (Phi) is 3.52. The predicted molar refractivity (Wildman–Crippen MR) is 76.3 cm³/mol. The van der Waals surface area contributed by atoms with Crippen LogP contribution in [-0.2, 0) is 4.79 Å². The Hall–Kier alpha value is -2.14. The van der Waals surface area contributed by atoms with Gasteiger partial charge in [0.1, 0.15) is 6.26 Å². The Morgan fingerprint density at radius 2 is 2.40 bits per heavy atom. The first kappa shape index (κ1) is 12.9. The van der Waals surface area contributed by atoms with Crippen LogP contribution in [0.15, 0.2) is 35.1 Å². The minimum absolute atomic E-state index is 0.0182. The summed E-state index contributed by atoms with van der Waals surface area (Å²) in [5.74, 6) is 0.585. The fourth-order valence-electron chi connectivity index (χ4n) is 2.42. The molecule has 1 aliphatic heterocycles. The van der Waals surface area contributed by atoms with Crippen LogP contribution in [0.3, 0.4) is 0 Å². The molecule has 5 nitrogen and oxygen atoms in total. The van der Waals surface area contributed by atoms with Crippen LogP contribution < -0.4 is 10.6 Å². The molecule has 1 amide bonds. The van der Waals surface area contributed by atoms with Gasteiger partial charge in [-0.25, -0.2) is 4.98 Å². The van der Waals surface area contributed by atoms with Gasteiger partial charge in [0, 0.05) is 11.3 Å². The summed E-state index contributed by atoms with van der Waals surface area (Å²) < 4.78 is 5.32. The van der Waals surface area contributed by atoms with E-state index >= 15 is 0 Å². The van der Waals surface area contributed by atoms with Crippen LogP contribution in [0.5, 0.6) is 0 Å². The van der Waals surface area contributed by atoms with Crippen LogP contribution >= 0.6 is 0 Å². The van der Waals surface area contributed by atoms with Crippen LogP contribution in [0, 0.1) is 6.92 Å². The molecule has 1 fully saturated rings. The highest BCUT2D eigenvalue weighted by Gasteiger charge is 2.22. The van der Waals surface area contributed by atoms with Gasteiger partial charge in [0.25, 0.3) is 0 Å². The Balaban J connectivity index is 1.80. The molecule has 1 atom stereocenters. The van der Waals surface area contributed by atoms with E-state index in [1.807, 2.05) is 25.1 Å². The summed E-state index contributed by atoms with van der Waals surface area (Å²) in [5.41, 5.74) is 2.72. The molecule has 0 spiro atoms. The van der Waals surface area contributed by atoms with Crippen molar-refractivity contribution < 1.29 is 9.21 Å². The number of nitrogens with one attached hydrogen (secondary N) is 2. The molecule has 2 aromatic rings. The molecule has 20 heavy (non-hydrogen) atoms. The summed E-state index contributed by atoms with van der Waals surface area (Å²) >= 11 is 0. The lowest BCUT2D eigenvalue weighted by Crippen LogP contribution is -2.35. The third kappa shape index (κ3) is 2.58. The topological polar surface area (TPSA) is 67.2 Å². The number of aromatic nitrogens is 1. The number of hydrogen-bond donors (Lipinski definition) is 2. The van der Waals surface area contributed by atoms with Gasteiger partial charge in [0.05, 0.1) is 12.2 Å². The number of oxazole rings is 1. The van der Waals surface area contributed by atoms with E-state index in [1.165, 1.54) is 0 Å². The second-order valence-electron chi connectivity index (χ2n) is 5.01. The van der Waals surface area contributed by atoms with Crippen molar-refractivity contribution in [2.24, 2.45) is 0 Å². The molecule has 1 saturated heterocycles. The van der Waals surface area contributed by atoms with Crippen LogP contribution in [0.25, 0.3) is 11.5 Å². The molecule has 104 valence electrons. The van der Waals surface area contributed by atoms with Crippen LogP contribution in [0.1, 0.15) is 18.4 Å². The average Bonchev–Trinajstić information content (AvgIpc) is 3.14. The molecule has 1 aliphatic rings. The first-order valence-corrected chi connectivity index (χ1v) is 6.79. The van der Waals surface area contributed by atoms with Crippen molar-refractivity contribution in [1.29, 1.82) is 0 Å². The van der Waals surface area contributed by atoms with Crippen molar-refractivity contribution in [3.05, 3.63) is 36.2 Å². The summed E-state index contributed by atoms with van der Waals surface area (Å²) in [5, 5.41) is 6.13. The van der Waals surface area contributed by atoms with E-state index in [4.69, 9.17) is 4.42 Å². The number of carbonyl (C=O) groups is 1. The number of benzene rings is 1. The lowest BCUT2D eigenvalue weighted by molar-refractivity contribution is -0.117. The van der Waals surface area contributed by atoms with Crippen molar-refractivity contribution in [1.82, 2.24) is 10.3 Å². The molecule has 0 radical (unpaired) electrons. The van der Waals surface area contributed by atoms with Crippen molar-refractivity contribution in [3.63, 3.8) is 0 Å². The molecule has 0 bridgehead atoms. The monoisotopic (exact) mass is 271 g/mol. The number of anilines is 1. The van der Waals surface area contributed by atoms with E-state index in [1.54, 1.807) is 12.5 Å². The standard InChI is InChI=1S/C15H17N3O2/c1-10-4-5-11(9-12(10)15-17-7-8-20-15)18-14(19)13-3-2-6-16-13/h4-5,7-9,13,16H,2-3,6H2,1H3,(H,18,19). The van der Waals surface area contributed by atoms with Crippen molar-refractivity contribution in [3.8, 4) is 11.5 Å². The van der Waals surface area contributed by atoms with Gasteiger partial charge in [0.2, 0.25) is 11.8 Å². The lowest BCUT2D eigenvalue weighted by atomic mass is 10.1. The van der Waals surface area contributed by atoms with Crippen LogP contribution in [-0.4, -0.2) is 23.5 Å². The zero-order chi connectivity index (χ0) is 13.9. The maximum Gasteiger partial charge on any atom is 0.241 e. The van der Waals surface area contributed by atoms with Crippen molar-refractivity contribution >= 4 is 11.6 Å². The van der Waals surface area contributed by atoms with Gasteiger partial charge in [-0.15, -0.1) is 0 Å². The molecule has 2 heterocycles. The van der Waals surface area contributed by atoms with Gasteiger partial charge in [-0.2, -0.15) is 0 Å². The molecule has 1 aromatic heterocycles. The van der Waals surface area contributed by atoms with Gasteiger partial charge in [-0.3, -0.25) is 4.79 Å². The summed E-state index contributed by atoms with van der Waals surface area (Å²) in [6.07, 6.45) is 5.10. The number of nitrogens with zero attached hydrogens (tertiary/aromatic N) is 1. The predicted octanol–water partition coefficient (Wildman–Crippen LogP) is 2.34. The third-order valence-electron chi connectivity index (χ3n) is 3.54.